The largest absolute Gasteiger partial charge is 0.483 e. The molecule has 0 atom stereocenters. The van der Waals surface area contributed by atoms with E-state index in [4.69, 9.17) is 4.74 Å². The quantitative estimate of drug-likeness (QED) is 0.608. The minimum Gasteiger partial charge on any atom is -0.483 e. The van der Waals surface area contributed by atoms with Crippen LogP contribution >= 0.6 is 15.9 Å². The number of hydrogen-bond acceptors (Lipinski definition) is 4. The van der Waals surface area contributed by atoms with E-state index < -0.39 is 0 Å². The first-order chi connectivity index (χ1) is 11.5. The lowest BCUT2D eigenvalue weighted by atomic mass is 10.2. The summed E-state index contributed by atoms with van der Waals surface area (Å²) < 4.78 is 6.28. The van der Waals surface area contributed by atoms with Crippen molar-refractivity contribution in [3.8, 4) is 5.75 Å². The third-order valence-corrected chi connectivity index (χ3v) is 3.88. The van der Waals surface area contributed by atoms with E-state index >= 15 is 0 Å². The van der Waals surface area contributed by atoms with Crippen LogP contribution < -0.4 is 15.1 Å². The van der Waals surface area contributed by atoms with Crippen molar-refractivity contribution in [2.45, 2.75) is 6.92 Å². The fourth-order valence-corrected chi connectivity index (χ4v) is 2.54. The molecule has 0 heterocycles. The summed E-state index contributed by atoms with van der Waals surface area (Å²) in [7, 11) is 3.96. The standard InChI is InChI=1S/C18H20BrN3O2/c1-13-4-9-17(16(19)10-13)24-12-18(23)21-20-11-14-5-7-15(8-6-14)22(2)3/h4-11H,12H2,1-3H3,(H,21,23)/b20-11+. The molecule has 0 aliphatic rings. The Labute approximate surface area is 150 Å². The van der Waals surface area contributed by atoms with Gasteiger partial charge in [0.1, 0.15) is 5.75 Å². The zero-order valence-electron chi connectivity index (χ0n) is 13.9. The van der Waals surface area contributed by atoms with Gasteiger partial charge in [0.2, 0.25) is 0 Å². The lowest BCUT2D eigenvalue weighted by Gasteiger charge is -2.11. The van der Waals surface area contributed by atoms with E-state index in [0.717, 1.165) is 21.3 Å². The summed E-state index contributed by atoms with van der Waals surface area (Å²) >= 11 is 3.41. The molecule has 6 heteroatoms. The van der Waals surface area contributed by atoms with Crippen LogP contribution in [0.25, 0.3) is 0 Å². The lowest BCUT2D eigenvalue weighted by Crippen LogP contribution is -2.24. The Kier molecular flexibility index (Phi) is 6.37. The second-order valence-corrected chi connectivity index (χ2v) is 6.36. The fourth-order valence-electron chi connectivity index (χ4n) is 1.94. The highest BCUT2D eigenvalue weighted by Gasteiger charge is 2.05. The highest BCUT2D eigenvalue weighted by Crippen LogP contribution is 2.25. The van der Waals surface area contributed by atoms with E-state index in [1.165, 1.54) is 0 Å². The Morgan fingerprint density at radius 1 is 1.25 bits per heavy atom. The molecule has 126 valence electrons. The number of benzene rings is 2. The Balaban J connectivity index is 1.82. The van der Waals surface area contributed by atoms with Gasteiger partial charge in [-0.2, -0.15) is 5.10 Å². The molecule has 0 bridgehead atoms. The number of rotatable bonds is 6. The monoisotopic (exact) mass is 389 g/mol. The molecule has 0 aromatic heterocycles. The number of aryl methyl sites for hydroxylation is 1. The van der Waals surface area contributed by atoms with Crippen molar-refractivity contribution in [3.63, 3.8) is 0 Å². The summed E-state index contributed by atoms with van der Waals surface area (Å²) in [6.45, 7) is 1.89. The van der Waals surface area contributed by atoms with Gasteiger partial charge in [0.05, 0.1) is 10.7 Å². The van der Waals surface area contributed by atoms with Gasteiger partial charge in [0.15, 0.2) is 6.61 Å². The van der Waals surface area contributed by atoms with E-state index in [1.54, 1.807) is 6.21 Å². The second kappa shape index (κ2) is 8.49. The molecular weight excluding hydrogens is 370 g/mol. The van der Waals surface area contributed by atoms with Gasteiger partial charge < -0.3 is 9.64 Å². The summed E-state index contributed by atoms with van der Waals surface area (Å²) in [4.78, 5) is 13.8. The topological polar surface area (TPSA) is 53.9 Å². The van der Waals surface area contributed by atoms with Gasteiger partial charge in [-0.05, 0) is 58.2 Å². The van der Waals surface area contributed by atoms with E-state index in [1.807, 2.05) is 68.4 Å². The van der Waals surface area contributed by atoms with Gasteiger partial charge in [0, 0.05) is 19.8 Å². The van der Waals surface area contributed by atoms with Crippen molar-refractivity contribution in [2.24, 2.45) is 5.10 Å². The molecule has 0 fully saturated rings. The summed E-state index contributed by atoms with van der Waals surface area (Å²) in [5.74, 6) is 0.308. The molecule has 1 N–H and O–H groups in total. The molecule has 2 rings (SSSR count). The first-order valence-corrected chi connectivity index (χ1v) is 8.23. The lowest BCUT2D eigenvalue weighted by molar-refractivity contribution is -0.123. The van der Waals surface area contributed by atoms with E-state index in [-0.39, 0.29) is 12.5 Å². The van der Waals surface area contributed by atoms with Crippen molar-refractivity contribution >= 4 is 33.7 Å². The van der Waals surface area contributed by atoms with Crippen LogP contribution in [0.2, 0.25) is 0 Å². The molecular formula is C18H20BrN3O2. The molecule has 0 radical (unpaired) electrons. The highest BCUT2D eigenvalue weighted by molar-refractivity contribution is 9.10. The maximum atomic E-state index is 11.8. The number of hydrazone groups is 1. The summed E-state index contributed by atoms with van der Waals surface area (Å²) in [5, 5.41) is 3.94. The van der Waals surface area contributed by atoms with Crippen molar-refractivity contribution in [1.29, 1.82) is 0 Å². The van der Waals surface area contributed by atoms with Crippen LogP contribution in [-0.2, 0) is 4.79 Å². The van der Waals surface area contributed by atoms with Gasteiger partial charge in [-0.25, -0.2) is 5.43 Å². The van der Waals surface area contributed by atoms with Crippen molar-refractivity contribution in [1.82, 2.24) is 5.43 Å². The predicted octanol–water partition coefficient (Wildman–Crippen LogP) is 3.35. The summed E-state index contributed by atoms with van der Waals surface area (Å²) in [6.07, 6.45) is 1.60. The number of carbonyl (C=O) groups excluding carboxylic acids is 1. The summed E-state index contributed by atoms with van der Waals surface area (Å²) in [6, 6.07) is 13.5. The van der Waals surface area contributed by atoms with Crippen LogP contribution in [-0.4, -0.2) is 32.8 Å². The molecule has 0 unspecified atom stereocenters. The Bertz CT molecular complexity index is 728. The van der Waals surface area contributed by atoms with Gasteiger partial charge >= 0.3 is 0 Å². The number of carbonyl (C=O) groups is 1. The van der Waals surface area contributed by atoms with Crippen molar-refractivity contribution < 1.29 is 9.53 Å². The highest BCUT2D eigenvalue weighted by atomic mass is 79.9. The maximum absolute atomic E-state index is 11.8. The molecule has 24 heavy (non-hydrogen) atoms. The minimum absolute atomic E-state index is 0.0986. The Hall–Kier alpha value is -2.34. The van der Waals surface area contributed by atoms with Crippen molar-refractivity contribution in [3.05, 3.63) is 58.1 Å². The molecule has 0 aliphatic heterocycles. The molecule has 5 nitrogen and oxygen atoms in total. The first kappa shape index (κ1) is 18.0. The molecule has 0 aliphatic carbocycles. The molecule has 0 spiro atoms. The van der Waals surface area contributed by atoms with Crippen LogP contribution in [0.5, 0.6) is 5.75 Å². The first-order valence-electron chi connectivity index (χ1n) is 7.44. The van der Waals surface area contributed by atoms with Crippen LogP contribution in [0.3, 0.4) is 0 Å². The number of halogens is 1. The van der Waals surface area contributed by atoms with Gasteiger partial charge in [-0.15, -0.1) is 0 Å². The van der Waals surface area contributed by atoms with Crippen molar-refractivity contribution in [2.75, 3.05) is 25.6 Å². The third-order valence-electron chi connectivity index (χ3n) is 3.26. The van der Waals surface area contributed by atoms with Crippen LogP contribution in [0, 0.1) is 6.92 Å². The third kappa shape index (κ3) is 5.38. The van der Waals surface area contributed by atoms with Gasteiger partial charge in [-0.3, -0.25) is 4.79 Å². The smallest absolute Gasteiger partial charge is 0.277 e. The van der Waals surface area contributed by atoms with Crippen LogP contribution in [0.4, 0.5) is 5.69 Å². The normalized spacial score (nSPS) is 10.7. The summed E-state index contributed by atoms with van der Waals surface area (Å²) in [5.41, 5.74) is 5.57. The Morgan fingerprint density at radius 2 is 1.96 bits per heavy atom. The average molecular weight is 390 g/mol. The number of ether oxygens (including phenoxy) is 1. The van der Waals surface area contributed by atoms with Gasteiger partial charge in [-0.1, -0.05) is 18.2 Å². The van der Waals surface area contributed by atoms with E-state index in [0.29, 0.717) is 5.75 Å². The molecule has 0 saturated heterocycles. The van der Waals surface area contributed by atoms with Gasteiger partial charge in [0.25, 0.3) is 5.91 Å². The zero-order chi connectivity index (χ0) is 17.5. The zero-order valence-corrected chi connectivity index (χ0v) is 15.5. The fraction of sp³-hybridized carbons (Fsp3) is 0.222. The molecule has 1 amide bonds. The molecule has 2 aromatic carbocycles. The van der Waals surface area contributed by atoms with E-state index in [2.05, 4.69) is 26.5 Å². The minimum atomic E-state index is -0.316. The number of nitrogens with zero attached hydrogens (tertiary/aromatic N) is 2. The molecule has 0 saturated carbocycles. The number of amides is 1. The second-order valence-electron chi connectivity index (χ2n) is 5.50. The number of anilines is 1. The maximum Gasteiger partial charge on any atom is 0.277 e. The van der Waals surface area contributed by atoms with E-state index in [9.17, 15) is 4.79 Å². The van der Waals surface area contributed by atoms with Crippen LogP contribution in [0.15, 0.2) is 52.0 Å². The number of nitrogens with one attached hydrogen (secondary N) is 1. The number of hydrogen-bond donors (Lipinski definition) is 1. The average Bonchev–Trinajstić information content (AvgIpc) is 2.54. The SMILES string of the molecule is Cc1ccc(OCC(=O)N/N=C/c2ccc(N(C)C)cc2)c(Br)c1. The van der Waals surface area contributed by atoms with Crippen LogP contribution in [0.1, 0.15) is 11.1 Å². The predicted molar refractivity (Wildman–Crippen MR) is 101 cm³/mol. The molecule has 2 aromatic rings. The Morgan fingerprint density at radius 3 is 2.58 bits per heavy atom.